The number of esters is 2. The zero-order chi connectivity index (χ0) is 18.1. The van der Waals surface area contributed by atoms with Crippen molar-refractivity contribution in [1.29, 1.82) is 0 Å². The fourth-order valence-electron chi connectivity index (χ4n) is 1.95. The van der Waals surface area contributed by atoms with E-state index in [-0.39, 0.29) is 5.92 Å². The first-order valence-electron chi connectivity index (χ1n) is 7.61. The zero-order valence-electron chi connectivity index (χ0n) is 14.3. The molecule has 1 aromatic rings. The average Bonchev–Trinajstić information content (AvgIpc) is 2.62. The van der Waals surface area contributed by atoms with Crippen LogP contribution in [-0.2, 0) is 19.1 Å². The maximum Gasteiger partial charge on any atom is 0.338 e. The van der Waals surface area contributed by atoms with Crippen LogP contribution < -0.4 is 5.32 Å². The predicted octanol–water partition coefficient (Wildman–Crippen LogP) is 2.27. The number of methoxy groups -OCH3 is 1. The van der Waals surface area contributed by atoms with E-state index in [0.717, 1.165) is 4.90 Å². The minimum atomic E-state index is -0.757. The minimum absolute atomic E-state index is 0.0869. The molecule has 6 nitrogen and oxygen atoms in total. The van der Waals surface area contributed by atoms with E-state index in [9.17, 15) is 14.4 Å². The Labute approximate surface area is 146 Å². The fourth-order valence-corrected chi connectivity index (χ4v) is 2.36. The van der Waals surface area contributed by atoms with Gasteiger partial charge in [0.05, 0.1) is 12.7 Å². The quantitative estimate of drug-likeness (QED) is 0.570. The van der Waals surface area contributed by atoms with Crippen LogP contribution in [0.1, 0.15) is 30.6 Å². The van der Waals surface area contributed by atoms with Crippen LogP contribution in [0.3, 0.4) is 0 Å². The second-order valence-electron chi connectivity index (χ2n) is 5.26. The van der Waals surface area contributed by atoms with Gasteiger partial charge >= 0.3 is 11.9 Å². The zero-order valence-corrected chi connectivity index (χ0v) is 15.1. The lowest BCUT2D eigenvalue weighted by atomic mass is 9.99. The molecule has 0 unspecified atom stereocenters. The van der Waals surface area contributed by atoms with Crippen molar-refractivity contribution >= 4 is 29.6 Å². The molecule has 1 rings (SSSR count). The second kappa shape index (κ2) is 9.97. The van der Waals surface area contributed by atoms with Crippen LogP contribution in [0.15, 0.2) is 29.2 Å². The Balaban J connectivity index is 2.57. The van der Waals surface area contributed by atoms with E-state index in [1.165, 1.54) is 7.11 Å². The summed E-state index contributed by atoms with van der Waals surface area (Å²) in [5.41, 5.74) is 0.368. The Morgan fingerprint density at radius 1 is 1.21 bits per heavy atom. The number of carbonyl (C=O) groups is 3. The normalized spacial score (nSPS) is 12.8. The van der Waals surface area contributed by atoms with Crippen molar-refractivity contribution in [2.45, 2.75) is 31.2 Å². The van der Waals surface area contributed by atoms with Crippen molar-refractivity contribution in [1.82, 2.24) is 5.32 Å². The molecule has 0 aliphatic rings. The number of hydrogen-bond donors (Lipinski definition) is 1. The highest BCUT2D eigenvalue weighted by Gasteiger charge is 2.27. The molecule has 1 N–H and O–H groups in total. The van der Waals surface area contributed by atoms with Crippen LogP contribution in [0, 0.1) is 5.92 Å². The van der Waals surface area contributed by atoms with Crippen LogP contribution in [0.25, 0.3) is 0 Å². The molecule has 0 aliphatic carbocycles. The minimum Gasteiger partial charge on any atom is -0.467 e. The molecule has 0 saturated heterocycles. The van der Waals surface area contributed by atoms with Crippen molar-refractivity contribution < 1.29 is 23.9 Å². The van der Waals surface area contributed by atoms with Gasteiger partial charge in [-0.15, -0.1) is 11.8 Å². The van der Waals surface area contributed by atoms with E-state index in [1.54, 1.807) is 36.0 Å². The molecule has 24 heavy (non-hydrogen) atoms. The monoisotopic (exact) mass is 353 g/mol. The molecule has 0 aliphatic heterocycles. The number of amides is 1. The van der Waals surface area contributed by atoms with Crippen LogP contribution in [0.2, 0.25) is 0 Å². The summed E-state index contributed by atoms with van der Waals surface area (Å²) in [6.07, 6.45) is 2.63. The van der Waals surface area contributed by atoms with Crippen LogP contribution in [-0.4, -0.2) is 43.9 Å². The van der Waals surface area contributed by atoms with Gasteiger partial charge < -0.3 is 14.8 Å². The van der Waals surface area contributed by atoms with Crippen LogP contribution >= 0.6 is 11.8 Å². The molecule has 0 spiro atoms. The molecule has 0 aromatic heterocycles. The Kier molecular flexibility index (Phi) is 8.32. The number of ether oxygens (including phenoxy) is 2. The first kappa shape index (κ1) is 20.0. The smallest absolute Gasteiger partial charge is 0.338 e. The first-order valence-corrected chi connectivity index (χ1v) is 8.83. The number of thioether (sulfide) groups is 1. The lowest BCUT2D eigenvalue weighted by Crippen LogP contribution is -2.47. The van der Waals surface area contributed by atoms with E-state index in [4.69, 9.17) is 4.74 Å². The summed E-state index contributed by atoms with van der Waals surface area (Å²) in [4.78, 5) is 36.6. The standard InChI is InChI=1S/C17H23NO5S/c1-5-11(2)15(17(21)22-3)18-14(19)10-23-16(20)12-6-8-13(24-4)9-7-12/h6-9,11,15H,5,10H2,1-4H3,(H,18,19)/t11-,15+/m0/s1. The highest BCUT2D eigenvalue weighted by Crippen LogP contribution is 2.15. The van der Waals surface area contributed by atoms with Gasteiger partial charge in [0.1, 0.15) is 6.04 Å². The average molecular weight is 353 g/mol. The van der Waals surface area contributed by atoms with Crippen molar-refractivity contribution in [3.63, 3.8) is 0 Å². The highest BCUT2D eigenvalue weighted by atomic mass is 32.2. The largest absolute Gasteiger partial charge is 0.467 e. The number of rotatable bonds is 8. The molecule has 0 heterocycles. The summed E-state index contributed by atoms with van der Waals surface area (Å²) in [6, 6.07) is 6.13. The van der Waals surface area contributed by atoms with Crippen molar-refractivity contribution in [3.05, 3.63) is 29.8 Å². The van der Waals surface area contributed by atoms with Crippen LogP contribution in [0.5, 0.6) is 0 Å². The number of nitrogens with one attached hydrogen (secondary N) is 1. The summed E-state index contributed by atoms with van der Waals surface area (Å²) in [5, 5.41) is 2.55. The number of benzene rings is 1. The molecule has 0 radical (unpaired) electrons. The number of carbonyl (C=O) groups excluding carboxylic acids is 3. The molecular formula is C17H23NO5S. The van der Waals surface area contributed by atoms with Gasteiger partial charge in [0.15, 0.2) is 6.61 Å². The van der Waals surface area contributed by atoms with Gasteiger partial charge in [0, 0.05) is 4.90 Å². The Morgan fingerprint density at radius 2 is 1.83 bits per heavy atom. The third-order valence-corrected chi connectivity index (χ3v) is 4.39. The SMILES string of the molecule is CC[C@H](C)[C@@H](NC(=O)COC(=O)c1ccc(SC)cc1)C(=O)OC. The van der Waals surface area contributed by atoms with E-state index >= 15 is 0 Å². The van der Waals surface area contributed by atoms with Crippen LogP contribution in [0.4, 0.5) is 0 Å². The summed E-state index contributed by atoms with van der Waals surface area (Å²) in [5.74, 6) is -1.73. The van der Waals surface area contributed by atoms with Crippen molar-refractivity contribution in [3.8, 4) is 0 Å². The maximum absolute atomic E-state index is 11.9. The molecular weight excluding hydrogens is 330 g/mol. The van der Waals surface area contributed by atoms with Gasteiger partial charge in [-0.3, -0.25) is 4.79 Å². The molecule has 1 aromatic carbocycles. The first-order chi connectivity index (χ1) is 11.4. The lowest BCUT2D eigenvalue weighted by molar-refractivity contribution is -0.147. The topological polar surface area (TPSA) is 81.7 Å². The number of hydrogen-bond acceptors (Lipinski definition) is 6. The van der Waals surface area contributed by atoms with Gasteiger partial charge in [-0.1, -0.05) is 20.3 Å². The molecule has 132 valence electrons. The lowest BCUT2D eigenvalue weighted by Gasteiger charge is -2.21. The van der Waals surface area contributed by atoms with Gasteiger partial charge in [0.25, 0.3) is 5.91 Å². The summed E-state index contributed by atoms with van der Waals surface area (Å²) in [7, 11) is 1.27. The third-order valence-electron chi connectivity index (χ3n) is 3.64. The van der Waals surface area contributed by atoms with Gasteiger partial charge in [0.2, 0.25) is 0 Å². The summed E-state index contributed by atoms with van der Waals surface area (Å²) in [6.45, 7) is 3.29. The molecule has 0 fully saturated rings. The Morgan fingerprint density at radius 3 is 2.33 bits per heavy atom. The maximum atomic E-state index is 11.9. The third kappa shape index (κ3) is 5.88. The van der Waals surface area contributed by atoms with Gasteiger partial charge in [-0.25, -0.2) is 9.59 Å². The van der Waals surface area contributed by atoms with Gasteiger partial charge in [-0.05, 0) is 36.4 Å². The fraction of sp³-hybridized carbons (Fsp3) is 0.471. The van der Waals surface area contributed by atoms with E-state index in [2.05, 4.69) is 10.1 Å². The molecule has 0 bridgehead atoms. The van der Waals surface area contributed by atoms with E-state index < -0.39 is 30.5 Å². The van der Waals surface area contributed by atoms with E-state index in [1.807, 2.05) is 20.1 Å². The van der Waals surface area contributed by atoms with Crippen molar-refractivity contribution in [2.24, 2.45) is 5.92 Å². The molecule has 1 amide bonds. The second-order valence-corrected chi connectivity index (χ2v) is 6.14. The Hall–Kier alpha value is -2.02. The summed E-state index contributed by atoms with van der Waals surface area (Å²) < 4.78 is 9.67. The predicted molar refractivity (Wildman–Crippen MR) is 91.9 cm³/mol. The molecule has 0 saturated carbocycles. The summed E-state index contributed by atoms with van der Waals surface area (Å²) >= 11 is 1.56. The highest BCUT2D eigenvalue weighted by molar-refractivity contribution is 7.98. The molecule has 2 atom stereocenters. The molecule has 7 heteroatoms. The Bertz CT molecular complexity index is 573. The van der Waals surface area contributed by atoms with Gasteiger partial charge in [-0.2, -0.15) is 0 Å². The van der Waals surface area contributed by atoms with Crippen molar-refractivity contribution in [2.75, 3.05) is 20.0 Å². The van der Waals surface area contributed by atoms with E-state index in [0.29, 0.717) is 12.0 Å².